The molecule has 2 N–H and O–H groups in total. The maximum absolute atomic E-state index is 11.3. The van der Waals surface area contributed by atoms with Gasteiger partial charge in [0.1, 0.15) is 0 Å². The largest absolute Gasteiger partial charge is 0.465 e. The fourth-order valence-electron chi connectivity index (χ4n) is 1.37. The van der Waals surface area contributed by atoms with E-state index < -0.39 is 0 Å². The maximum Gasteiger partial charge on any atom is 0.337 e. The van der Waals surface area contributed by atoms with Gasteiger partial charge in [-0.1, -0.05) is 18.2 Å². The summed E-state index contributed by atoms with van der Waals surface area (Å²) in [4.78, 5) is 21.9. The Labute approximate surface area is 100 Å². The Morgan fingerprint density at radius 3 is 2.71 bits per heavy atom. The monoisotopic (exact) mass is 233 g/mol. The highest BCUT2D eigenvalue weighted by Crippen LogP contribution is 2.14. The van der Waals surface area contributed by atoms with Gasteiger partial charge in [-0.15, -0.1) is 0 Å². The molecule has 0 saturated carbocycles. The zero-order valence-electron chi connectivity index (χ0n) is 9.90. The van der Waals surface area contributed by atoms with E-state index in [2.05, 4.69) is 4.74 Å². The number of aryl methyl sites for hydroxylation is 1. The van der Waals surface area contributed by atoms with Crippen molar-refractivity contribution in [2.75, 3.05) is 7.11 Å². The predicted octanol–water partition coefficient (Wildman–Crippen LogP) is 1.67. The SMILES string of the molecule is COC(=O)c1ccc(C)c(C=CCC(N)=O)c1. The molecule has 4 heteroatoms. The van der Waals surface area contributed by atoms with E-state index in [9.17, 15) is 9.59 Å². The van der Waals surface area contributed by atoms with Crippen LogP contribution >= 0.6 is 0 Å². The van der Waals surface area contributed by atoms with E-state index in [0.29, 0.717) is 5.56 Å². The minimum Gasteiger partial charge on any atom is -0.465 e. The van der Waals surface area contributed by atoms with Crippen molar-refractivity contribution in [3.8, 4) is 0 Å². The average molecular weight is 233 g/mol. The number of methoxy groups -OCH3 is 1. The van der Waals surface area contributed by atoms with Gasteiger partial charge in [0.2, 0.25) is 5.91 Å². The van der Waals surface area contributed by atoms with Crippen LogP contribution in [0.5, 0.6) is 0 Å². The van der Waals surface area contributed by atoms with Gasteiger partial charge in [0.15, 0.2) is 0 Å². The van der Waals surface area contributed by atoms with Gasteiger partial charge in [0, 0.05) is 6.42 Å². The maximum atomic E-state index is 11.3. The fraction of sp³-hybridized carbons (Fsp3) is 0.231. The molecule has 1 rings (SSSR count). The van der Waals surface area contributed by atoms with Crippen LogP contribution in [0.2, 0.25) is 0 Å². The molecule has 0 saturated heterocycles. The highest BCUT2D eigenvalue weighted by Gasteiger charge is 2.06. The number of primary amides is 1. The number of ether oxygens (including phenoxy) is 1. The molecule has 17 heavy (non-hydrogen) atoms. The van der Waals surface area contributed by atoms with Gasteiger partial charge in [-0.25, -0.2) is 4.79 Å². The summed E-state index contributed by atoms with van der Waals surface area (Å²) >= 11 is 0. The highest BCUT2D eigenvalue weighted by atomic mass is 16.5. The van der Waals surface area contributed by atoms with Crippen molar-refractivity contribution in [3.05, 3.63) is 41.0 Å². The van der Waals surface area contributed by atoms with E-state index in [1.54, 1.807) is 24.3 Å². The van der Waals surface area contributed by atoms with Crippen LogP contribution < -0.4 is 5.73 Å². The Kier molecular flexibility index (Phi) is 4.46. The first-order valence-electron chi connectivity index (χ1n) is 5.18. The minimum atomic E-state index is -0.386. The number of nitrogens with two attached hydrogens (primary N) is 1. The first-order chi connectivity index (χ1) is 8.04. The molecule has 4 nitrogen and oxygen atoms in total. The number of benzene rings is 1. The predicted molar refractivity (Wildman–Crippen MR) is 65.4 cm³/mol. The van der Waals surface area contributed by atoms with Gasteiger partial charge in [0.05, 0.1) is 12.7 Å². The van der Waals surface area contributed by atoms with Gasteiger partial charge in [-0.05, 0) is 30.2 Å². The zero-order chi connectivity index (χ0) is 12.8. The lowest BCUT2D eigenvalue weighted by Crippen LogP contribution is -2.08. The summed E-state index contributed by atoms with van der Waals surface area (Å²) in [7, 11) is 1.34. The molecule has 0 unspecified atom stereocenters. The Morgan fingerprint density at radius 2 is 2.12 bits per heavy atom. The lowest BCUT2D eigenvalue weighted by Gasteiger charge is -2.04. The quantitative estimate of drug-likeness (QED) is 0.804. The average Bonchev–Trinajstić information content (AvgIpc) is 2.30. The zero-order valence-corrected chi connectivity index (χ0v) is 9.90. The van der Waals surface area contributed by atoms with Crippen LogP contribution in [0.15, 0.2) is 24.3 Å². The molecule has 0 bridgehead atoms. The van der Waals surface area contributed by atoms with Crippen molar-refractivity contribution in [3.63, 3.8) is 0 Å². The van der Waals surface area contributed by atoms with Gasteiger partial charge < -0.3 is 10.5 Å². The molecule has 90 valence electrons. The van der Waals surface area contributed by atoms with Crippen molar-refractivity contribution < 1.29 is 14.3 Å². The fourth-order valence-corrected chi connectivity index (χ4v) is 1.37. The summed E-state index contributed by atoms with van der Waals surface area (Å²) in [5.41, 5.74) is 7.40. The van der Waals surface area contributed by atoms with Crippen LogP contribution in [0.3, 0.4) is 0 Å². The van der Waals surface area contributed by atoms with Crippen molar-refractivity contribution >= 4 is 18.0 Å². The smallest absolute Gasteiger partial charge is 0.337 e. The van der Waals surface area contributed by atoms with Gasteiger partial charge in [-0.2, -0.15) is 0 Å². The highest BCUT2D eigenvalue weighted by molar-refractivity contribution is 5.90. The van der Waals surface area contributed by atoms with Gasteiger partial charge in [-0.3, -0.25) is 4.79 Å². The van der Waals surface area contributed by atoms with Crippen molar-refractivity contribution in [2.24, 2.45) is 5.73 Å². The number of esters is 1. The molecule has 0 heterocycles. The second-order valence-corrected chi connectivity index (χ2v) is 3.64. The van der Waals surface area contributed by atoms with Crippen molar-refractivity contribution in [1.82, 2.24) is 0 Å². The van der Waals surface area contributed by atoms with E-state index in [4.69, 9.17) is 5.73 Å². The number of carbonyl (C=O) groups is 2. The molecule has 0 aliphatic heterocycles. The molecule has 0 atom stereocenters. The summed E-state index contributed by atoms with van der Waals surface area (Å²) in [6.45, 7) is 1.92. The Bertz CT molecular complexity index is 464. The van der Waals surface area contributed by atoms with E-state index in [1.165, 1.54) is 7.11 Å². The third-order valence-electron chi connectivity index (χ3n) is 2.32. The second-order valence-electron chi connectivity index (χ2n) is 3.64. The third-order valence-corrected chi connectivity index (χ3v) is 2.32. The van der Waals surface area contributed by atoms with Crippen molar-refractivity contribution in [2.45, 2.75) is 13.3 Å². The summed E-state index contributed by atoms with van der Waals surface area (Å²) < 4.78 is 4.64. The molecule has 0 radical (unpaired) electrons. The summed E-state index contributed by atoms with van der Waals surface area (Å²) in [5, 5.41) is 0. The van der Waals surface area contributed by atoms with Crippen LogP contribution in [-0.2, 0) is 9.53 Å². The van der Waals surface area contributed by atoms with E-state index in [1.807, 2.05) is 13.0 Å². The Hall–Kier alpha value is -2.10. The van der Waals surface area contributed by atoms with Crippen molar-refractivity contribution in [1.29, 1.82) is 0 Å². The van der Waals surface area contributed by atoms with Crippen LogP contribution in [0.4, 0.5) is 0 Å². The molecule has 1 aromatic carbocycles. The van der Waals surface area contributed by atoms with Crippen LogP contribution in [0, 0.1) is 6.92 Å². The summed E-state index contributed by atoms with van der Waals surface area (Å²) in [6.07, 6.45) is 3.63. The number of amides is 1. The molecule has 1 amide bonds. The van der Waals surface area contributed by atoms with E-state index >= 15 is 0 Å². The Balaban J connectivity index is 2.94. The normalized spacial score (nSPS) is 10.5. The molecule has 0 spiro atoms. The van der Waals surface area contributed by atoms with Gasteiger partial charge >= 0.3 is 5.97 Å². The second kappa shape index (κ2) is 5.84. The summed E-state index contributed by atoms with van der Waals surface area (Å²) in [5.74, 6) is -0.766. The van der Waals surface area contributed by atoms with Gasteiger partial charge in [0.25, 0.3) is 0 Å². The first-order valence-corrected chi connectivity index (χ1v) is 5.18. The molecule has 0 fully saturated rings. The third kappa shape index (κ3) is 3.75. The molecular formula is C13H15NO3. The summed E-state index contributed by atoms with van der Waals surface area (Å²) in [6, 6.07) is 5.25. The van der Waals surface area contributed by atoms with E-state index in [-0.39, 0.29) is 18.3 Å². The first kappa shape index (κ1) is 13.0. The molecule has 0 aliphatic carbocycles. The van der Waals surface area contributed by atoms with Crippen LogP contribution in [-0.4, -0.2) is 19.0 Å². The Morgan fingerprint density at radius 1 is 1.41 bits per heavy atom. The molecular weight excluding hydrogens is 218 g/mol. The standard InChI is InChI=1S/C13H15NO3/c1-9-6-7-11(13(16)17-2)8-10(9)4-3-5-12(14)15/h3-4,6-8H,5H2,1-2H3,(H2,14,15). The lowest BCUT2D eigenvalue weighted by molar-refractivity contribution is -0.117. The molecule has 1 aromatic rings. The molecule has 0 aliphatic rings. The number of hydrogen-bond acceptors (Lipinski definition) is 3. The number of carbonyl (C=O) groups excluding carboxylic acids is 2. The lowest BCUT2D eigenvalue weighted by atomic mass is 10.0. The molecule has 0 aromatic heterocycles. The van der Waals surface area contributed by atoms with Crippen LogP contribution in [0.25, 0.3) is 6.08 Å². The topological polar surface area (TPSA) is 69.4 Å². The van der Waals surface area contributed by atoms with Crippen LogP contribution in [0.1, 0.15) is 27.9 Å². The number of hydrogen-bond donors (Lipinski definition) is 1. The minimum absolute atomic E-state index is 0.182. The number of rotatable bonds is 4. The van der Waals surface area contributed by atoms with E-state index in [0.717, 1.165) is 11.1 Å².